The van der Waals surface area contributed by atoms with Gasteiger partial charge in [0.25, 0.3) is 0 Å². The van der Waals surface area contributed by atoms with Gasteiger partial charge in [0.05, 0.1) is 6.04 Å². The molecule has 1 N–H and O–H groups in total. The number of nitrogens with one attached hydrogen (secondary N) is 1. The third-order valence-electron chi connectivity index (χ3n) is 3.45. The van der Waals surface area contributed by atoms with Crippen molar-refractivity contribution in [1.82, 2.24) is 5.32 Å². The van der Waals surface area contributed by atoms with Crippen LogP contribution in [0, 0.1) is 5.82 Å². The third-order valence-corrected chi connectivity index (χ3v) is 5.99. The van der Waals surface area contributed by atoms with Gasteiger partial charge in [-0.2, -0.15) is 0 Å². The fourth-order valence-corrected chi connectivity index (χ4v) is 4.36. The van der Waals surface area contributed by atoms with Gasteiger partial charge in [0, 0.05) is 14.7 Å². The molecule has 0 saturated carbocycles. The first-order chi connectivity index (χ1) is 10.1. The van der Waals surface area contributed by atoms with Crippen molar-refractivity contribution in [1.29, 1.82) is 0 Å². The summed E-state index contributed by atoms with van der Waals surface area (Å²) in [4.78, 5) is 1.09. The predicted octanol–water partition coefficient (Wildman–Crippen LogP) is 5.77. The minimum atomic E-state index is -0.199. The quantitative estimate of drug-likeness (QED) is 0.605. The molecule has 0 aliphatic rings. The van der Waals surface area contributed by atoms with E-state index in [1.165, 1.54) is 17.4 Å². The fraction of sp³-hybridized carbons (Fsp3) is 0.125. The number of fused-ring (bicyclic) bond motifs is 1. The van der Waals surface area contributed by atoms with Crippen molar-refractivity contribution < 1.29 is 4.39 Å². The van der Waals surface area contributed by atoms with Crippen LogP contribution in [0.3, 0.4) is 0 Å². The van der Waals surface area contributed by atoms with Gasteiger partial charge in [0.2, 0.25) is 0 Å². The van der Waals surface area contributed by atoms with Gasteiger partial charge in [-0.25, -0.2) is 4.39 Å². The Morgan fingerprint density at radius 3 is 2.52 bits per heavy atom. The highest BCUT2D eigenvalue weighted by molar-refractivity contribution is 9.10. The molecule has 0 aliphatic carbocycles. The van der Waals surface area contributed by atoms with Gasteiger partial charge in [-0.1, -0.05) is 41.9 Å². The van der Waals surface area contributed by atoms with Crippen molar-refractivity contribution in [2.75, 3.05) is 7.05 Å². The standard InChI is InChI=1S/C16H12BrClFNS/c1-20-15(14-8-12(17)16(18)21-14)11-6-7-13(19)10-5-3-2-4-9(10)11/h2-8,15,20H,1H3. The third kappa shape index (κ3) is 2.73. The second kappa shape index (κ2) is 6.05. The maximum Gasteiger partial charge on any atom is 0.131 e. The van der Waals surface area contributed by atoms with E-state index in [4.69, 9.17) is 11.6 Å². The zero-order chi connectivity index (χ0) is 15.0. The minimum absolute atomic E-state index is 0.0238. The number of rotatable bonds is 3. The van der Waals surface area contributed by atoms with E-state index in [2.05, 4.69) is 21.2 Å². The molecule has 2 aromatic carbocycles. The van der Waals surface area contributed by atoms with E-state index < -0.39 is 0 Å². The van der Waals surface area contributed by atoms with Crippen molar-refractivity contribution >= 4 is 49.6 Å². The Balaban J connectivity index is 2.20. The van der Waals surface area contributed by atoms with Crippen molar-refractivity contribution in [3.63, 3.8) is 0 Å². The molecular formula is C16H12BrClFNS. The first-order valence-corrected chi connectivity index (χ1v) is 8.39. The van der Waals surface area contributed by atoms with E-state index >= 15 is 0 Å². The SMILES string of the molecule is CNC(c1cc(Br)c(Cl)s1)c1ccc(F)c2ccccc12. The zero-order valence-electron chi connectivity index (χ0n) is 11.2. The molecule has 108 valence electrons. The summed E-state index contributed by atoms with van der Waals surface area (Å²) < 4.78 is 15.6. The summed E-state index contributed by atoms with van der Waals surface area (Å²) >= 11 is 11.1. The first kappa shape index (κ1) is 15.0. The van der Waals surface area contributed by atoms with Crippen LogP contribution in [0.1, 0.15) is 16.5 Å². The van der Waals surface area contributed by atoms with Crippen molar-refractivity contribution in [3.05, 3.63) is 67.5 Å². The number of thiophene rings is 1. The summed E-state index contributed by atoms with van der Waals surface area (Å²) in [5, 5.41) is 4.85. The van der Waals surface area contributed by atoms with Gasteiger partial charge in [0.15, 0.2) is 0 Å². The lowest BCUT2D eigenvalue weighted by Crippen LogP contribution is -2.17. The number of benzene rings is 2. The molecule has 1 nitrogen and oxygen atoms in total. The molecule has 0 fully saturated rings. The van der Waals surface area contributed by atoms with E-state index in [9.17, 15) is 4.39 Å². The van der Waals surface area contributed by atoms with Crippen molar-refractivity contribution in [2.45, 2.75) is 6.04 Å². The molecule has 1 atom stereocenters. The average Bonchev–Trinajstić information content (AvgIpc) is 2.82. The Hall–Kier alpha value is -0.940. The van der Waals surface area contributed by atoms with E-state index in [0.717, 1.165) is 24.6 Å². The maximum absolute atomic E-state index is 14.0. The van der Waals surface area contributed by atoms with Crippen molar-refractivity contribution in [3.8, 4) is 0 Å². The van der Waals surface area contributed by atoms with Crippen LogP contribution < -0.4 is 5.32 Å². The average molecular weight is 385 g/mol. The van der Waals surface area contributed by atoms with Crippen LogP contribution in [-0.2, 0) is 0 Å². The maximum atomic E-state index is 14.0. The monoisotopic (exact) mass is 383 g/mol. The Morgan fingerprint density at radius 1 is 1.19 bits per heavy atom. The second-order valence-electron chi connectivity index (χ2n) is 4.67. The summed E-state index contributed by atoms with van der Waals surface area (Å²) in [6.45, 7) is 0. The van der Waals surface area contributed by atoms with Crippen LogP contribution in [0.15, 0.2) is 46.9 Å². The van der Waals surface area contributed by atoms with Crippen LogP contribution in [-0.4, -0.2) is 7.05 Å². The number of hydrogen-bond acceptors (Lipinski definition) is 2. The van der Waals surface area contributed by atoms with Gasteiger partial charge in [-0.05, 0) is 46.1 Å². The van der Waals surface area contributed by atoms with E-state index in [-0.39, 0.29) is 11.9 Å². The Morgan fingerprint density at radius 2 is 1.90 bits per heavy atom. The van der Waals surface area contributed by atoms with E-state index in [1.54, 1.807) is 6.07 Å². The van der Waals surface area contributed by atoms with Crippen LogP contribution >= 0.6 is 38.9 Å². The minimum Gasteiger partial charge on any atom is -0.309 e. The molecule has 0 aliphatic heterocycles. The number of halogens is 3. The Kier molecular flexibility index (Phi) is 4.31. The van der Waals surface area contributed by atoms with Crippen molar-refractivity contribution in [2.24, 2.45) is 0 Å². The summed E-state index contributed by atoms with van der Waals surface area (Å²) in [6.07, 6.45) is 0. The fourth-order valence-electron chi connectivity index (χ4n) is 2.49. The molecule has 3 rings (SSSR count). The van der Waals surface area contributed by atoms with Gasteiger partial charge in [0.1, 0.15) is 10.2 Å². The van der Waals surface area contributed by atoms with E-state index in [1.807, 2.05) is 37.4 Å². The topological polar surface area (TPSA) is 12.0 Å². The number of hydrogen-bond donors (Lipinski definition) is 1. The predicted molar refractivity (Wildman–Crippen MR) is 91.8 cm³/mol. The zero-order valence-corrected chi connectivity index (χ0v) is 14.3. The molecule has 3 aromatic rings. The van der Waals surface area contributed by atoms with Crippen LogP contribution in [0.25, 0.3) is 10.8 Å². The lowest BCUT2D eigenvalue weighted by Gasteiger charge is -2.17. The van der Waals surface area contributed by atoms with Crippen LogP contribution in [0.4, 0.5) is 4.39 Å². The smallest absolute Gasteiger partial charge is 0.131 e. The molecule has 1 unspecified atom stereocenters. The van der Waals surface area contributed by atoms with E-state index in [0.29, 0.717) is 5.39 Å². The molecule has 21 heavy (non-hydrogen) atoms. The Bertz CT molecular complexity index is 783. The molecule has 1 aromatic heterocycles. The molecule has 0 bridgehead atoms. The highest BCUT2D eigenvalue weighted by atomic mass is 79.9. The molecule has 0 radical (unpaired) electrons. The highest BCUT2D eigenvalue weighted by Gasteiger charge is 2.19. The largest absolute Gasteiger partial charge is 0.309 e. The van der Waals surface area contributed by atoms with Crippen LogP contribution in [0.5, 0.6) is 0 Å². The summed E-state index contributed by atoms with van der Waals surface area (Å²) in [5.74, 6) is -0.199. The molecule has 1 heterocycles. The van der Waals surface area contributed by atoms with Gasteiger partial charge in [-0.3, -0.25) is 0 Å². The van der Waals surface area contributed by atoms with Gasteiger partial charge in [-0.15, -0.1) is 11.3 Å². The van der Waals surface area contributed by atoms with Crippen LogP contribution in [0.2, 0.25) is 4.34 Å². The molecule has 0 amide bonds. The highest BCUT2D eigenvalue weighted by Crippen LogP contribution is 2.39. The van der Waals surface area contributed by atoms with Gasteiger partial charge < -0.3 is 5.32 Å². The summed E-state index contributed by atoms with van der Waals surface area (Å²) in [6, 6.07) is 12.9. The normalized spacial score (nSPS) is 12.8. The first-order valence-electron chi connectivity index (χ1n) is 6.41. The molecule has 5 heteroatoms. The lowest BCUT2D eigenvalue weighted by atomic mass is 9.97. The summed E-state index contributed by atoms with van der Waals surface area (Å²) in [5.41, 5.74) is 1.04. The van der Waals surface area contributed by atoms with Gasteiger partial charge >= 0.3 is 0 Å². The second-order valence-corrected chi connectivity index (χ2v) is 7.21. The molecular weight excluding hydrogens is 373 g/mol. The molecule has 0 saturated heterocycles. The molecule has 0 spiro atoms. The lowest BCUT2D eigenvalue weighted by molar-refractivity contribution is 0.637. The Labute approximate surface area is 139 Å². The summed E-state index contributed by atoms with van der Waals surface area (Å²) in [7, 11) is 1.89.